The van der Waals surface area contributed by atoms with Gasteiger partial charge in [-0.2, -0.15) is 0 Å². The fraction of sp³-hybridized carbons (Fsp3) is 0.286. The maximum Gasteiger partial charge on any atom is 0.272 e. The van der Waals surface area contributed by atoms with Gasteiger partial charge in [0, 0.05) is 32.1 Å². The first kappa shape index (κ1) is 18.0. The number of benzene rings is 1. The van der Waals surface area contributed by atoms with Crippen LogP contribution in [-0.4, -0.2) is 47.1 Å². The number of H-pyrrole nitrogens is 1. The Labute approximate surface area is 161 Å². The Morgan fingerprint density at radius 2 is 1.79 bits per heavy atom. The number of fused-ring (bicyclic) bond motifs is 1. The van der Waals surface area contributed by atoms with Gasteiger partial charge in [-0.3, -0.25) is 9.59 Å². The van der Waals surface area contributed by atoms with Gasteiger partial charge >= 0.3 is 0 Å². The maximum atomic E-state index is 12.8. The molecule has 7 heteroatoms. The van der Waals surface area contributed by atoms with Crippen LogP contribution in [0.5, 0.6) is 11.5 Å². The van der Waals surface area contributed by atoms with Crippen molar-refractivity contribution in [1.29, 1.82) is 0 Å². The average Bonchev–Trinajstić information content (AvgIpc) is 2.74. The highest BCUT2D eigenvalue weighted by Gasteiger charge is 2.25. The first-order chi connectivity index (χ1) is 13.6. The largest absolute Gasteiger partial charge is 0.497 e. The monoisotopic (exact) mass is 379 g/mol. The predicted molar refractivity (Wildman–Crippen MR) is 105 cm³/mol. The lowest BCUT2D eigenvalue weighted by Crippen LogP contribution is -2.42. The van der Waals surface area contributed by atoms with E-state index in [0.29, 0.717) is 29.7 Å². The molecule has 7 nitrogen and oxygen atoms in total. The van der Waals surface area contributed by atoms with E-state index in [-0.39, 0.29) is 17.6 Å². The highest BCUT2D eigenvalue weighted by molar-refractivity contribution is 5.94. The van der Waals surface area contributed by atoms with Gasteiger partial charge in [0.15, 0.2) is 0 Å². The highest BCUT2D eigenvalue weighted by atomic mass is 16.5. The lowest BCUT2D eigenvalue weighted by Gasteiger charge is -2.32. The number of methoxy groups -OCH3 is 1. The number of likely N-dealkylation sites (tertiary alicyclic amines) is 1. The topological polar surface area (TPSA) is 84.5 Å². The summed E-state index contributed by atoms with van der Waals surface area (Å²) in [5.41, 5.74) is 0.667. The fourth-order valence-corrected chi connectivity index (χ4v) is 3.37. The smallest absolute Gasteiger partial charge is 0.272 e. The van der Waals surface area contributed by atoms with Crippen molar-refractivity contribution in [2.45, 2.75) is 18.9 Å². The van der Waals surface area contributed by atoms with E-state index in [9.17, 15) is 9.59 Å². The summed E-state index contributed by atoms with van der Waals surface area (Å²) in [6.45, 7) is 1.21. The van der Waals surface area contributed by atoms with Gasteiger partial charge in [-0.05, 0) is 42.5 Å². The maximum absolute atomic E-state index is 12.8. The van der Waals surface area contributed by atoms with Gasteiger partial charge in [0.05, 0.1) is 18.0 Å². The number of aromatic nitrogens is 2. The number of carbonyl (C=O) groups is 1. The van der Waals surface area contributed by atoms with Gasteiger partial charge in [-0.25, -0.2) is 4.98 Å². The van der Waals surface area contributed by atoms with E-state index >= 15 is 0 Å². The average molecular weight is 379 g/mol. The third-order valence-electron chi connectivity index (χ3n) is 4.94. The summed E-state index contributed by atoms with van der Waals surface area (Å²) >= 11 is 0. The molecule has 28 heavy (non-hydrogen) atoms. The minimum absolute atomic E-state index is 0.0700. The second-order valence-corrected chi connectivity index (χ2v) is 6.72. The van der Waals surface area contributed by atoms with Crippen LogP contribution >= 0.6 is 0 Å². The minimum atomic E-state index is -0.208. The molecule has 3 aromatic rings. The number of hydrogen-bond donors (Lipinski definition) is 1. The molecule has 1 fully saturated rings. The Kier molecular flexibility index (Phi) is 4.97. The van der Waals surface area contributed by atoms with Crippen molar-refractivity contribution in [3.8, 4) is 11.5 Å². The molecule has 0 atom stereocenters. The summed E-state index contributed by atoms with van der Waals surface area (Å²) in [5.74, 6) is 1.47. The Morgan fingerprint density at radius 3 is 2.50 bits per heavy atom. The molecule has 0 spiro atoms. The van der Waals surface area contributed by atoms with Crippen molar-refractivity contribution < 1.29 is 14.3 Å². The highest BCUT2D eigenvalue weighted by Crippen LogP contribution is 2.22. The van der Waals surface area contributed by atoms with Crippen LogP contribution in [0.1, 0.15) is 23.3 Å². The molecule has 4 rings (SSSR count). The zero-order valence-electron chi connectivity index (χ0n) is 15.6. The number of piperidine rings is 1. The molecule has 1 aliphatic rings. The van der Waals surface area contributed by atoms with Crippen LogP contribution < -0.4 is 15.0 Å². The van der Waals surface area contributed by atoms with Crippen LogP contribution in [0.25, 0.3) is 10.9 Å². The van der Waals surface area contributed by atoms with Gasteiger partial charge in [-0.1, -0.05) is 0 Å². The van der Waals surface area contributed by atoms with Gasteiger partial charge in [-0.15, -0.1) is 0 Å². The predicted octanol–water partition coefficient (Wildman–Crippen LogP) is 2.62. The number of rotatable bonds is 4. The second-order valence-electron chi connectivity index (χ2n) is 6.72. The number of carbonyl (C=O) groups excluding carboxylic acids is 1. The molecule has 1 saturated heterocycles. The standard InChI is InChI=1S/C21H21N3O4/c1-27-14-2-4-15(5-3-14)28-16-9-12-24(13-10-16)21(26)19-7-6-17-18(23-19)8-11-22-20(17)25/h2-8,11,16H,9-10,12-13H2,1H3,(H,22,25). The molecule has 3 heterocycles. The van der Waals surface area contributed by atoms with Crippen molar-refractivity contribution in [2.24, 2.45) is 0 Å². The first-order valence-corrected chi connectivity index (χ1v) is 9.22. The van der Waals surface area contributed by atoms with Crippen molar-refractivity contribution >= 4 is 16.8 Å². The van der Waals surface area contributed by atoms with Gasteiger partial charge < -0.3 is 19.4 Å². The number of ether oxygens (including phenoxy) is 2. The van der Waals surface area contributed by atoms with Gasteiger partial charge in [0.1, 0.15) is 23.3 Å². The van der Waals surface area contributed by atoms with E-state index < -0.39 is 0 Å². The van der Waals surface area contributed by atoms with E-state index in [1.807, 2.05) is 24.3 Å². The lowest BCUT2D eigenvalue weighted by atomic mass is 10.1. The molecule has 0 radical (unpaired) electrons. The quantitative estimate of drug-likeness (QED) is 0.753. The number of amides is 1. The van der Waals surface area contributed by atoms with Crippen LogP contribution in [-0.2, 0) is 0 Å². The molecule has 1 aromatic carbocycles. The number of hydrogen-bond acceptors (Lipinski definition) is 5. The van der Waals surface area contributed by atoms with E-state index in [4.69, 9.17) is 9.47 Å². The Balaban J connectivity index is 1.39. The molecule has 0 aliphatic carbocycles. The molecule has 0 saturated carbocycles. The Hall–Kier alpha value is -3.35. The molecule has 1 aliphatic heterocycles. The molecular formula is C21H21N3O4. The number of pyridine rings is 2. The summed E-state index contributed by atoms with van der Waals surface area (Å²) in [5, 5.41) is 0.477. The fourth-order valence-electron chi connectivity index (χ4n) is 3.37. The zero-order chi connectivity index (χ0) is 19.5. The van der Waals surface area contributed by atoms with Crippen molar-refractivity contribution in [1.82, 2.24) is 14.9 Å². The summed E-state index contributed by atoms with van der Waals surface area (Å²) in [7, 11) is 1.63. The summed E-state index contributed by atoms with van der Waals surface area (Å²) in [4.78, 5) is 33.3. The molecular weight excluding hydrogens is 358 g/mol. The molecule has 0 bridgehead atoms. The Bertz CT molecular complexity index is 1040. The van der Waals surface area contributed by atoms with E-state index in [1.54, 1.807) is 30.2 Å². The second kappa shape index (κ2) is 7.72. The first-order valence-electron chi connectivity index (χ1n) is 9.22. The molecule has 1 amide bonds. The Morgan fingerprint density at radius 1 is 1.07 bits per heavy atom. The molecule has 0 unspecified atom stereocenters. The van der Waals surface area contributed by atoms with Gasteiger partial charge in [0.25, 0.3) is 11.5 Å². The van der Waals surface area contributed by atoms with Crippen LogP contribution in [0.3, 0.4) is 0 Å². The van der Waals surface area contributed by atoms with Crippen LogP contribution in [0.4, 0.5) is 0 Å². The van der Waals surface area contributed by atoms with E-state index in [2.05, 4.69) is 9.97 Å². The number of aromatic amines is 1. The number of nitrogens with zero attached hydrogens (tertiary/aromatic N) is 2. The van der Waals surface area contributed by atoms with Crippen LogP contribution in [0.15, 0.2) is 53.5 Å². The van der Waals surface area contributed by atoms with Gasteiger partial charge in [0.2, 0.25) is 0 Å². The molecule has 2 aromatic heterocycles. The van der Waals surface area contributed by atoms with Crippen molar-refractivity contribution in [3.05, 3.63) is 64.7 Å². The molecule has 1 N–H and O–H groups in total. The third-order valence-corrected chi connectivity index (χ3v) is 4.94. The van der Waals surface area contributed by atoms with E-state index in [1.165, 1.54) is 6.20 Å². The van der Waals surface area contributed by atoms with Crippen molar-refractivity contribution in [3.63, 3.8) is 0 Å². The summed E-state index contributed by atoms with van der Waals surface area (Å²) in [6, 6.07) is 12.5. The van der Waals surface area contributed by atoms with Crippen molar-refractivity contribution in [2.75, 3.05) is 20.2 Å². The zero-order valence-corrected chi connectivity index (χ0v) is 15.6. The van der Waals surface area contributed by atoms with Crippen LogP contribution in [0.2, 0.25) is 0 Å². The summed E-state index contributed by atoms with van der Waals surface area (Å²) < 4.78 is 11.2. The third kappa shape index (κ3) is 3.69. The molecule has 144 valence electrons. The number of nitrogens with one attached hydrogen (secondary N) is 1. The minimum Gasteiger partial charge on any atom is -0.497 e. The lowest BCUT2D eigenvalue weighted by molar-refractivity contribution is 0.0590. The normalized spacial score (nSPS) is 14.8. The van der Waals surface area contributed by atoms with E-state index in [0.717, 1.165) is 24.3 Å². The van der Waals surface area contributed by atoms with Crippen LogP contribution in [0, 0.1) is 0 Å². The SMILES string of the molecule is COc1ccc(OC2CCN(C(=O)c3ccc4c(=O)[nH]ccc4n3)CC2)cc1. The summed E-state index contributed by atoms with van der Waals surface area (Å²) in [6.07, 6.45) is 3.12.